The summed E-state index contributed by atoms with van der Waals surface area (Å²) in [6, 6.07) is 8.33. The number of carbonyl (C=O) groups excluding carboxylic acids is 1. The molecule has 24 heavy (non-hydrogen) atoms. The minimum atomic E-state index is -0.869. The van der Waals surface area contributed by atoms with Gasteiger partial charge in [-0.25, -0.2) is 8.78 Å². The minimum absolute atomic E-state index is 0.107. The molecule has 128 valence electrons. The first-order chi connectivity index (χ1) is 11.6. The zero-order chi connectivity index (χ0) is 17.4. The van der Waals surface area contributed by atoms with E-state index in [1.165, 1.54) is 0 Å². The van der Waals surface area contributed by atoms with Crippen molar-refractivity contribution in [3.63, 3.8) is 0 Å². The molecule has 1 heterocycles. The Bertz CT molecular complexity index is 668. The van der Waals surface area contributed by atoms with Gasteiger partial charge in [0.25, 0.3) is 5.91 Å². The number of hydrogen-bond donors (Lipinski definition) is 2. The molecule has 0 aliphatic carbocycles. The van der Waals surface area contributed by atoms with Crippen molar-refractivity contribution in [1.82, 2.24) is 10.3 Å². The Hall–Kier alpha value is -2.54. The number of benzene rings is 1. The van der Waals surface area contributed by atoms with Crippen LogP contribution in [0.5, 0.6) is 5.75 Å². The summed E-state index contributed by atoms with van der Waals surface area (Å²) >= 11 is 0. The van der Waals surface area contributed by atoms with Crippen LogP contribution in [0.25, 0.3) is 0 Å². The second-order valence-corrected chi connectivity index (χ2v) is 5.24. The fraction of sp³-hybridized carbons (Fsp3) is 0.294. The monoisotopic (exact) mass is 336 g/mol. The van der Waals surface area contributed by atoms with E-state index in [-0.39, 0.29) is 24.8 Å². The van der Waals surface area contributed by atoms with Crippen molar-refractivity contribution in [3.8, 4) is 5.75 Å². The number of aliphatic hydroxyl groups is 1. The molecular formula is C17H18F2N2O3. The van der Waals surface area contributed by atoms with Crippen LogP contribution in [-0.4, -0.2) is 35.8 Å². The van der Waals surface area contributed by atoms with Crippen LogP contribution >= 0.6 is 0 Å². The van der Waals surface area contributed by atoms with Crippen molar-refractivity contribution < 1.29 is 23.4 Å². The summed E-state index contributed by atoms with van der Waals surface area (Å²) in [5.41, 5.74) is 0.815. The Morgan fingerprint density at radius 3 is 2.79 bits per heavy atom. The highest BCUT2D eigenvalue weighted by Crippen LogP contribution is 2.17. The SMILES string of the molecule is O=C(COc1ccc(F)cc1F)NCC(CO)Cc1ccccn1. The average Bonchev–Trinajstić information content (AvgIpc) is 2.58. The third-order valence-corrected chi connectivity index (χ3v) is 3.32. The lowest BCUT2D eigenvalue weighted by Gasteiger charge is -2.15. The molecule has 7 heteroatoms. The number of rotatable bonds is 8. The lowest BCUT2D eigenvalue weighted by molar-refractivity contribution is -0.123. The second kappa shape index (κ2) is 8.93. The van der Waals surface area contributed by atoms with Crippen LogP contribution in [0.15, 0.2) is 42.6 Å². The summed E-state index contributed by atoms with van der Waals surface area (Å²) in [5.74, 6) is -2.43. The van der Waals surface area contributed by atoms with Crippen LogP contribution in [0, 0.1) is 17.6 Å². The Morgan fingerprint density at radius 1 is 1.29 bits per heavy atom. The standard InChI is InChI=1S/C17H18F2N2O3/c18-13-4-5-16(15(19)8-13)24-11-17(23)21-9-12(10-22)7-14-3-1-2-6-20-14/h1-6,8,12,22H,7,9-11H2,(H,21,23). The van der Waals surface area contributed by atoms with Gasteiger partial charge in [-0.3, -0.25) is 9.78 Å². The van der Waals surface area contributed by atoms with E-state index in [2.05, 4.69) is 10.3 Å². The molecule has 1 unspecified atom stereocenters. The second-order valence-electron chi connectivity index (χ2n) is 5.24. The Labute approximate surface area is 138 Å². The van der Waals surface area contributed by atoms with Crippen LogP contribution < -0.4 is 10.1 Å². The molecule has 0 aliphatic heterocycles. The molecule has 1 aromatic heterocycles. The predicted molar refractivity (Wildman–Crippen MR) is 83.4 cm³/mol. The molecule has 2 N–H and O–H groups in total. The summed E-state index contributed by atoms with van der Waals surface area (Å²) in [6.07, 6.45) is 2.18. The van der Waals surface area contributed by atoms with Gasteiger partial charge in [-0.15, -0.1) is 0 Å². The third-order valence-electron chi connectivity index (χ3n) is 3.32. The van der Waals surface area contributed by atoms with Gasteiger partial charge in [0, 0.05) is 37.0 Å². The van der Waals surface area contributed by atoms with E-state index in [9.17, 15) is 18.7 Å². The molecule has 0 spiro atoms. The molecule has 0 bridgehead atoms. The van der Waals surface area contributed by atoms with Crippen molar-refractivity contribution in [2.45, 2.75) is 6.42 Å². The van der Waals surface area contributed by atoms with Gasteiger partial charge in [-0.1, -0.05) is 6.07 Å². The molecule has 2 rings (SSSR count). The highest BCUT2D eigenvalue weighted by atomic mass is 19.1. The lowest BCUT2D eigenvalue weighted by Crippen LogP contribution is -2.35. The Kier molecular flexibility index (Phi) is 6.62. The predicted octanol–water partition coefficient (Wildman–Crippen LogP) is 1.71. The van der Waals surface area contributed by atoms with E-state index in [0.29, 0.717) is 12.5 Å². The normalized spacial score (nSPS) is 11.8. The zero-order valence-electron chi connectivity index (χ0n) is 12.9. The summed E-state index contributed by atoms with van der Waals surface area (Å²) in [7, 11) is 0. The van der Waals surface area contributed by atoms with Crippen LogP contribution in [0.4, 0.5) is 8.78 Å². The maximum absolute atomic E-state index is 13.4. The summed E-state index contributed by atoms with van der Waals surface area (Å²) in [5, 5.41) is 12.0. The molecule has 0 aliphatic rings. The maximum Gasteiger partial charge on any atom is 0.257 e. The number of aromatic nitrogens is 1. The highest BCUT2D eigenvalue weighted by Gasteiger charge is 2.12. The summed E-state index contributed by atoms with van der Waals surface area (Å²) in [4.78, 5) is 15.9. The van der Waals surface area contributed by atoms with Gasteiger partial charge in [-0.05, 0) is 30.7 Å². The van der Waals surface area contributed by atoms with Crippen molar-refractivity contribution in [1.29, 1.82) is 0 Å². The van der Waals surface area contributed by atoms with Gasteiger partial charge in [0.15, 0.2) is 18.2 Å². The molecule has 0 saturated heterocycles. The molecule has 0 saturated carbocycles. The average molecular weight is 336 g/mol. The Balaban J connectivity index is 1.77. The van der Waals surface area contributed by atoms with Gasteiger partial charge in [0.1, 0.15) is 5.82 Å². The van der Waals surface area contributed by atoms with Gasteiger partial charge in [-0.2, -0.15) is 0 Å². The molecule has 5 nitrogen and oxygen atoms in total. The fourth-order valence-corrected chi connectivity index (χ4v) is 2.06. The van der Waals surface area contributed by atoms with E-state index in [1.807, 2.05) is 12.1 Å². The molecule has 2 aromatic rings. The van der Waals surface area contributed by atoms with E-state index in [0.717, 1.165) is 17.8 Å². The minimum Gasteiger partial charge on any atom is -0.481 e. The number of carbonyl (C=O) groups is 1. The number of ether oxygens (including phenoxy) is 1. The number of hydrogen-bond acceptors (Lipinski definition) is 4. The number of pyridine rings is 1. The van der Waals surface area contributed by atoms with Crippen molar-refractivity contribution in [2.75, 3.05) is 19.8 Å². The number of nitrogens with one attached hydrogen (secondary N) is 1. The topological polar surface area (TPSA) is 71.5 Å². The molecule has 0 fully saturated rings. The molecule has 0 radical (unpaired) electrons. The molecule has 1 atom stereocenters. The smallest absolute Gasteiger partial charge is 0.257 e. The Morgan fingerprint density at radius 2 is 2.12 bits per heavy atom. The number of halogens is 2. The molecular weight excluding hydrogens is 318 g/mol. The summed E-state index contributed by atoms with van der Waals surface area (Å²) in [6.45, 7) is -0.268. The van der Waals surface area contributed by atoms with E-state index >= 15 is 0 Å². The van der Waals surface area contributed by atoms with Gasteiger partial charge < -0.3 is 15.2 Å². The maximum atomic E-state index is 13.4. The van der Waals surface area contributed by atoms with E-state index in [4.69, 9.17) is 4.74 Å². The number of nitrogens with zero attached hydrogens (tertiary/aromatic N) is 1. The van der Waals surface area contributed by atoms with Crippen molar-refractivity contribution >= 4 is 5.91 Å². The van der Waals surface area contributed by atoms with Crippen molar-refractivity contribution in [2.24, 2.45) is 5.92 Å². The van der Waals surface area contributed by atoms with Crippen LogP contribution in [0.2, 0.25) is 0 Å². The first-order valence-corrected chi connectivity index (χ1v) is 7.44. The van der Waals surface area contributed by atoms with Crippen LogP contribution in [0.3, 0.4) is 0 Å². The van der Waals surface area contributed by atoms with Gasteiger partial charge >= 0.3 is 0 Å². The number of aliphatic hydroxyl groups excluding tert-OH is 1. The first-order valence-electron chi connectivity index (χ1n) is 7.44. The summed E-state index contributed by atoms with van der Waals surface area (Å²) < 4.78 is 31.2. The first kappa shape index (κ1) is 17.8. The number of amides is 1. The largest absolute Gasteiger partial charge is 0.481 e. The molecule has 1 aromatic carbocycles. The van der Waals surface area contributed by atoms with E-state index < -0.39 is 24.1 Å². The van der Waals surface area contributed by atoms with Crippen molar-refractivity contribution in [3.05, 3.63) is 59.9 Å². The molecule has 1 amide bonds. The van der Waals surface area contributed by atoms with Gasteiger partial charge in [0.05, 0.1) is 0 Å². The van der Waals surface area contributed by atoms with Crippen LogP contribution in [-0.2, 0) is 11.2 Å². The fourth-order valence-electron chi connectivity index (χ4n) is 2.06. The lowest BCUT2D eigenvalue weighted by atomic mass is 10.0. The van der Waals surface area contributed by atoms with Gasteiger partial charge in [0.2, 0.25) is 0 Å². The van der Waals surface area contributed by atoms with E-state index in [1.54, 1.807) is 12.3 Å². The highest BCUT2D eigenvalue weighted by molar-refractivity contribution is 5.77. The quantitative estimate of drug-likeness (QED) is 0.770. The third kappa shape index (κ3) is 5.58. The van der Waals surface area contributed by atoms with Crippen LogP contribution in [0.1, 0.15) is 5.69 Å². The zero-order valence-corrected chi connectivity index (χ0v) is 12.9.